The van der Waals surface area contributed by atoms with Crippen molar-refractivity contribution >= 4 is 0 Å². The summed E-state index contributed by atoms with van der Waals surface area (Å²) in [5.41, 5.74) is 1.29. The quantitative estimate of drug-likeness (QED) is 0.879. The molecular formula is C15H21NO3. The summed E-state index contributed by atoms with van der Waals surface area (Å²) in [5.74, 6) is 1.75. The highest BCUT2D eigenvalue weighted by molar-refractivity contribution is 5.43. The van der Waals surface area contributed by atoms with Gasteiger partial charge in [-0.2, -0.15) is 0 Å². The third kappa shape index (κ3) is 3.01. The lowest BCUT2D eigenvalue weighted by atomic mass is 9.89. The maximum atomic E-state index is 5.59. The molecule has 0 amide bonds. The van der Waals surface area contributed by atoms with Crippen LogP contribution < -0.4 is 14.8 Å². The fraction of sp³-hybridized carbons (Fsp3) is 0.600. The van der Waals surface area contributed by atoms with Crippen molar-refractivity contribution in [2.24, 2.45) is 0 Å². The Bertz CT molecular complexity index is 429. The second kappa shape index (κ2) is 5.80. The van der Waals surface area contributed by atoms with Crippen molar-refractivity contribution in [2.45, 2.75) is 31.4 Å². The van der Waals surface area contributed by atoms with Crippen LogP contribution in [0.4, 0.5) is 0 Å². The van der Waals surface area contributed by atoms with E-state index in [0.29, 0.717) is 25.4 Å². The molecule has 0 radical (unpaired) electrons. The lowest BCUT2D eigenvalue weighted by Gasteiger charge is -2.34. The predicted molar refractivity (Wildman–Crippen MR) is 73.0 cm³/mol. The van der Waals surface area contributed by atoms with E-state index < -0.39 is 0 Å². The summed E-state index contributed by atoms with van der Waals surface area (Å²) in [6, 6.07) is 6.85. The maximum Gasteiger partial charge on any atom is 0.161 e. The molecule has 1 saturated carbocycles. The zero-order valence-electron chi connectivity index (χ0n) is 11.4. The van der Waals surface area contributed by atoms with Crippen molar-refractivity contribution in [2.75, 3.05) is 26.9 Å². The molecule has 104 valence electrons. The van der Waals surface area contributed by atoms with Gasteiger partial charge >= 0.3 is 0 Å². The molecule has 19 heavy (non-hydrogen) atoms. The smallest absolute Gasteiger partial charge is 0.161 e. The van der Waals surface area contributed by atoms with Crippen LogP contribution in [-0.4, -0.2) is 39.0 Å². The number of rotatable bonds is 5. The van der Waals surface area contributed by atoms with Gasteiger partial charge in [0.05, 0.1) is 6.10 Å². The average molecular weight is 263 g/mol. The van der Waals surface area contributed by atoms with Gasteiger partial charge in [0, 0.05) is 13.2 Å². The summed E-state index contributed by atoms with van der Waals surface area (Å²) in [4.78, 5) is 0. The summed E-state index contributed by atoms with van der Waals surface area (Å²) < 4.78 is 16.4. The zero-order valence-corrected chi connectivity index (χ0v) is 11.4. The van der Waals surface area contributed by atoms with E-state index in [0.717, 1.165) is 37.3 Å². The van der Waals surface area contributed by atoms with Crippen LogP contribution in [0.1, 0.15) is 18.4 Å². The van der Waals surface area contributed by atoms with Gasteiger partial charge in [0.25, 0.3) is 0 Å². The number of hydrogen-bond donors (Lipinski definition) is 1. The van der Waals surface area contributed by atoms with Crippen LogP contribution in [0.5, 0.6) is 11.5 Å². The molecule has 1 aliphatic heterocycles. The second-order valence-corrected chi connectivity index (χ2v) is 5.21. The van der Waals surface area contributed by atoms with Gasteiger partial charge in [0.1, 0.15) is 13.2 Å². The molecule has 0 spiro atoms. The summed E-state index contributed by atoms with van der Waals surface area (Å²) in [6.07, 6.45) is 3.76. The van der Waals surface area contributed by atoms with E-state index >= 15 is 0 Å². The lowest BCUT2D eigenvalue weighted by molar-refractivity contribution is 0.0177. The summed E-state index contributed by atoms with van der Waals surface area (Å²) in [6.45, 7) is 2.30. The minimum absolute atomic E-state index is 0.465. The fourth-order valence-electron chi connectivity index (χ4n) is 2.59. The molecule has 1 heterocycles. The highest BCUT2D eigenvalue weighted by Gasteiger charge is 2.28. The number of hydrogen-bond acceptors (Lipinski definition) is 4. The van der Waals surface area contributed by atoms with Gasteiger partial charge in [-0.05, 0) is 43.5 Å². The van der Waals surface area contributed by atoms with Crippen LogP contribution in [0.25, 0.3) is 0 Å². The Balaban J connectivity index is 1.45. The molecule has 0 aromatic heterocycles. The molecule has 1 N–H and O–H groups in total. The average Bonchev–Trinajstić information content (AvgIpc) is 2.41. The number of benzene rings is 1. The molecule has 0 unspecified atom stereocenters. The largest absolute Gasteiger partial charge is 0.486 e. The van der Waals surface area contributed by atoms with E-state index in [4.69, 9.17) is 14.2 Å². The van der Waals surface area contributed by atoms with Crippen molar-refractivity contribution < 1.29 is 14.2 Å². The first kappa shape index (κ1) is 12.8. The van der Waals surface area contributed by atoms with Gasteiger partial charge in [-0.15, -0.1) is 0 Å². The molecule has 3 rings (SSSR count). The normalized spacial score (nSPS) is 24.9. The first-order valence-corrected chi connectivity index (χ1v) is 7.00. The maximum absolute atomic E-state index is 5.59. The predicted octanol–water partition coefficient (Wildman–Crippen LogP) is 1.77. The molecule has 2 aliphatic rings. The minimum atomic E-state index is 0.465. The van der Waals surface area contributed by atoms with E-state index in [1.165, 1.54) is 5.56 Å². The summed E-state index contributed by atoms with van der Waals surface area (Å²) >= 11 is 0. The third-order valence-corrected chi connectivity index (χ3v) is 3.88. The van der Waals surface area contributed by atoms with Crippen molar-refractivity contribution in [3.05, 3.63) is 23.8 Å². The van der Waals surface area contributed by atoms with Crippen molar-refractivity contribution in [1.29, 1.82) is 0 Å². The van der Waals surface area contributed by atoms with Crippen LogP contribution in [-0.2, 0) is 11.2 Å². The van der Waals surface area contributed by atoms with E-state index in [-0.39, 0.29) is 0 Å². The molecule has 0 atom stereocenters. The van der Waals surface area contributed by atoms with Crippen LogP contribution in [0.15, 0.2) is 18.2 Å². The highest BCUT2D eigenvalue weighted by atomic mass is 16.6. The molecule has 1 fully saturated rings. The number of fused-ring (bicyclic) bond motifs is 1. The molecule has 1 aliphatic carbocycles. The van der Waals surface area contributed by atoms with E-state index in [2.05, 4.69) is 17.4 Å². The van der Waals surface area contributed by atoms with Crippen molar-refractivity contribution in [3.63, 3.8) is 0 Å². The molecule has 0 saturated heterocycles. The number of nitrogens with one attached hydrogen (secondary N) is 1. The van der Waals surface area contributed by atoms with Crippen LogP contribution in [0.2, 0.25) is 0 Å². The van der Waals surface area contributed by atoms with Crippen molar-refractivity contribution in [1.82, 2.24) is 5.32 Å². The second-order valence-electron chi connectivity index (χ2n) is 5.21. The molecule has 1 aromatic carbocycles. The molecule has 0 bridgehead atoms. The minimum Gasteiger partial charge on any atom is -0.486 e. The van der Waals surface area contributed by atoms with E-state index in [1.807, 2.05) is 6.07 Å². The lowest BCUT2D eigenvalue weighted by Crippen LogP contribution is -2.45. The Morgan fingerprint density at radius 3 is 2.79 bits per heavy atom. The first-order valence-electron chi connectivity index (χ1n) is 7.00. The van der Waals surface area contributed by atoms with Gasteiger partial charge in [-0.25, -0.2) is 0 Å². The van der Waals surface area contributed by atoms with E-state index in [1.54, 1.807) is 7.11 Å². The molecular weight excluding hydrogens is 242 g/mol. The zero-order chi connectivity index (χ0) is 13.1. The van der Waals surface area contributed by atoms with Crippen LogP contribution in [0.3, 0.4) is 0 Å². The Kier molecular flexibility index (Phi) is 3.89. The Hall–Kier alpha value is -1.26. The van der Waals surface area contributed by atoms with Gasteiger partial charge in [0.2, 0.25) is 0 Å². The first-order chi connectivity index (χ1) is 9.35. The Labute approximate surface area is 114 Å². The number of ether oxygens (including phenoxy) is 3. The SMILES string of the molecule is COC1CC(NCCc2ccc3c(c2)OCCO3)C1. The van der Waals surface area contributed by atoms with Crippen LogP contribution >= 0.6 is 0 Å². The highest BCUT2D eigenvalue weighted by Crippen LogP contribution is 2.30. The van der Waals surface area contributed by atoms with Gasteiger partial charge in [0.15, 0.2) is 11.5 Å². The Morgan fingerprint density at radius 2 is 2.00 bits per heavy atom. The molecule has 4 nitrogen and oxygen atoms in total. The van der Waals surface area contributed by atoms with Crippen LogP contribution in [0, 0.1) is 0 Å². The standard InChI is InChI=1S/C15H21NO3/c1-17-13-9-12(10-13)16-5-4-11-2-3-14-15(8-11)19-7-6-18-14/h2-3,8,12-13,16H,4-7,9-10H2,1H3. The Morgan fingerprint density at radius 1 is 1.21 bits per heavy atom. The number of methoxy groups -OCH3 is 1. The fourth-order valence-corrected chi connectivity index (χ4v) is 2.59. The third-order valence-electron chi connectivity index (χ3n) is 3.88. The van der Waals surface area contributed by atoms with E-state index in [9.17, 15) is 0 Å². The summed E-state index contributed by atoms with van der Waals surface area (Å²) in [7, 11) is 1.79. The van der Waals surface area contributed by atoms with Gasteiger partial charge < -0.3 is 19.5 Å². The monoisotopic (exact) mass is 263 g/mol. The molecule has 4 heteroatoms. The molecule has 1 aromatic rings. The van der Waals surface area contributed by atoms with Crippen molar-refractivity contribution in [3.8, 4) is 11.5 Å². The van der Waals surface area contributed by atoms with Gasteiger partial charge in [-0.3, -0.25) is 0 Å². The summed E-state index contributed by atoms with van der Waals surface area (Å²) in [5, 5.41) is 3.56. The van der Waals surface area contributed by atoms with Gasteiger partial charge in [-0.1, -0.05) is 6.07 Å². The topological polar surface area (TPSA) is 39.7 Å².